The highest BCUT2D eigenvalue weighted by molar-refractivity contribution is 5.86. The molecule has 4 nitrogen and oxygen atoms in total. The highest BCUT2D eigenvalue weighted by Gasteiger charge is 2.19. The zero-order valence-corrected chi connectivity index (χ0v) is 10.5. The largest absolute Gasteiger partial charge is 0.367 e. The second kappa shape index (κ2) is 4.57. The number of aryl methyl sites for hydroxylation is 1. The monoisotopic (exact) mass is 251 g/mol. The van der Waals surface area contributed by atoms with E-state index in [-0.39, 0.29) is 5.88 Å². The minimum Gasteiger partial charge on any atom is -0.367 e. The molecule has 3 aromatic rings. The topological polar surface area (TPSA) is 64.9 Å². The number of aromatic nitrogens is 2. The number of nitrogens with two attached hydrogens (primary N) is 1. The predicted octanol–water partition coefficient (Wildman–Crippen LogP) is 3.29. The number of hydrogen-bond donors (Lipinski definition) is 1. The smallest absolute Gasteiger partial charge is 0.232 e. The predicted molar refractivity (Wildman–Crippen MR) is 74.3 cm³/mol. The maximum Gasteiger partial charge on any atom is 0.232 e. The molecule has 2 N–H and O–H groups in total. The zero-order chi connectivity index (χ0) is 13.2. The van der Waals surface area contributed by atoms with E-state index in [1.165, 1.54) is 0 Å². The van der Waals surface area contributed by atoms with Crippen LogP contribution in [0.1, 0.15) is 5.56 Å². The van der Waals surface area contributed by atoms with Crippen LogP contribution < -0.4 is 5.73 Å². The molecule has 2 heterocycles. The molecule has 0 aliphatic heterocycles. The molecule has 94 valence electrons. The molecule has 0 aliphatic rings. The lowest BCUT2D eigenvalue weighted by Crippen LogP contribution is -1.91. The van der Waals surface area contributed by atoms with Crippen molar-refractivity contribution >= 4 is 5.88 Å². The van der Waals surface area contributed by atoms with E-state index < -0.39 is 0 Å². The van der Waals surface area contributed by atoms with Gasteiger partial charge < -0.3 is 10.3 Å². The normalized spacial score (nSPS) is 10.6. The van der Waals surface area contributed by atoms with Gasteiger partial charge in [0, 0.05) is 11.8 Å². The molecule has 2 aromatic heterocycles. The molecule has 3 rings (SSSR count). The van der Waals surface area contributed by atoms with Gasteiger partial charge in [-0.25, -0.2) is 0 Å². The van der Waals surface area contributed by atoms with Gasteiger partial charge >= 0.3 is 0 Å². The van der Waals surface area contributed by atoms with E-state index in [1.54, 1.807) is 6.20 Å². The van der Waals surface area contributed by atoms with E-state index in [0.717, 1.165) is 28.1 Å². The maximum absolute atomic E-state index is 5.89. The number of anilines is 1. The van der Waals surface area contributed by atoms with E-state index >= 15 is 0 Å². The summed E-state index contributed by atoms with van der Waals surface area (Å²) in [4.78, 5) is 4.32. The van der Waals surface area contributed by atoms with Crippen molar-refractivity contribution in [3.8, 4) is 22.5 Å². The average Bonchev–Trinajstić information content (AvgIpc) is 2.82. The van der Waals surface area contributed by atoms with Crippen molar-refractivity contribution in [2.24, 2.45) is 0 Å². The quantitative estimate of drug-likeness (QED) is 0.759. The van der Waals surface area contributed by atoms with Crippen LogP contribution in [-0.4, -0.2) is 10.1 Å². The number of nitrogen functional groups attached to an aromatic ring is 1. The summed E-state index contributed by atoms with van der Waals surface area (Å²) in [6, 6.07) is 13.7. The molecule has 0 amide bonds. The van der Waals surface area contributed by atoms with Crippen molar-refractivity contribution in [2.75, 3.05) is 5.73 Å². The molecular formula is C15H13N3O. The van der Waals surface area contributed by atoms with Crippen LogP contribution in [0.2, 0.25) is 0 Å². The fourth-order valence-electron chi connectivity index (χ4n) is 2.08. The standard InChI is InChI=1S/C15H13N3O/c1-10-6-2-3-7-11(10)14-13(15(16)19-18-14)12-8-4-5-9-17-12/h2-9H,16H2,1H3. The fraction of sp³-hybridized carbons (Fsp3) is 0.0667. The first-order chi connectivity index (χ1) is 9.27. The first-order valence-electron chi connectivity index (χ1n) is 6.00. The van der Waals surface area contributed by atoms with Crippen molar-refractivity contribution in [3.05, 3.63) is 54.2 Å². The fourth-order valence-corrected chi connectivity index (χ4v) is 2.08. The molecule has 0 aliphatic carbocycles. The second-order valence-electron chi connectivity index (χ2n) is 4.30. The van der Waals surface area contributed by atoms with Crippen LogP contribution in [0.4, 0.5) is 5.88 Å². The molecule has 0 bridgehead atoms. The number of pyridine rings is 1. The Hall–Kier alpha value is -2.62. The van der Waals surface area contributed by atoms with E-state index in [0.29, 0.717) is 0 Å². The molecule has 0 saturated carbocycles. The molecule has 0 radical (unpaired) electrons. The Labute approximate surface area is 110 Å². The Kier molecular flexibility index (Phi) is 2.76. The molecule has 0 spiro atoms. The first-order valence-corrected chi connectivity index (χ1v) is 6.00. The summed E-state index contributed by atoms with van der Waals surface area (Å²) >= 11 is 0. The van der Waals surface area contributed by atoms with Gasteiger partial charge in [0.1, 0.15) is 5.69 Å². The molecule has 0 saturated heterocycles. The Morgan fingerprint density at radius 2 is 1.84 bits per heavy atom. The highest BCUT2D eigenvalue weighted by Crippen LogP contribution is 2.36. The van der Waals surface area contributed by atoms with Crippen molar-refractivity contribution in [3.63, 3.8) is 0 Å². The molecule has 0 unspecified atom stereocenters. The molecule has 0 fully saturated rings. The van der Waals surface area contributed by atoms with Crippen molar-refractivity contribution in [1.29, 1.82) is 0 Å². The van der Waals surface area contributed by atoms with Gasteiger partial charge in [-0.2, -0.15) is 0 Å². The molecule has 0 atom stereocenters. The Balaban J connectivity index is 2.23. The molecule has 19 heavy (non-hydrogen) atoms. The van der Waals surface area contributed by atoms with Crippen LogP contribution in [-0.2, 0) is 0 Å². The average molecular weight is 251 g/mol. The first kappa shape index (κ1) is 11.5. The van der Waals surface area contributed by atoms with Gasteiger partial charge in [-0.15, -0.1) is 0 Å². The summed E-state index contributed by atoms with van der Waals surface area (Å²) in [5.41, 5.74) is 10.3. The van der Waals surface area contributed by atoms with Crippen molar-refractivity contribution in [2.45, 2.75) is 6.92 Å². The van der Waals surface area contributed by atoms with Crippen LogP contribution in [0.3, 0.4) is 0 Å². The van der Waals surface area contributed by atoms with Gasteiger partial charge in [0.25, 0.3) is 0 Å². The van der Waals surface area contributed by atoms with E-state index in [9.17, 15) is 0 Å². The third kappa shape index (κ3) is 1.97. The molecule has 4 heteroatoms. The number of hydrogen-bond acceptors (Lipinski definition) is 4. The summed E-state index contributed by atoms with van der Waals surface area (Å²) < 4.78 is 5.15. The van der Waals surface area contributed by atoms with Gasteiger partial charge in [-0.1, -0.05) is 35.5 Å². The Morgan fingerprint density at radius 3 is 2.58 bits per heavy atom. The lowest BCUT2D eigenvalue weighted by atomic mass is 10.0. The van der Waals surface area contributed by atoms with Gasteiger partial charge in [-0.3, -0.25) is 4.98 Å². The highest BCUT2D eigenvalue weighted by atomic mass is 16.5. The summed E-state index contributed by atoms with van der Waals surface area (Å²) in [6.07, 6.45) is 1.73. The number of nitrogens with zero attached hydrogens (tertiary/aromatic N) is 2. The SMILES string of the molecule is Cc1ccccc1-c1noc(N)c1-c1ccccn1. The van der Waals surface area contributed by atoms with E-state index in [4.69, 9.17) is 10.3 Å². The minimum atomic E-state index is 0.289. The summed E-state index contributed by atoms with van der Waals surface area (Å²) in [5.74, 6) is 0.289. The lowest BCUT2D eigenvalue weighted by molar-refractivity contribution is 0.439. The Bertz CT molecular complexity index is 704. The minimum absolute atomic E-state index is 0.289. The van der Waals surface area contributed by atoms with Gasteiger partial charge in [-0.05, 0) is 24.6 Å². The summed E-state index contributed by atoms with van der Waals surface area (Å²) in [6.45, 7) is 2.03. The van der Waals surface area contributed by atoms with Crippen LogP contribution in [0, 0.1) is 6.92 Å². The van der Waals surface area contributed by atoms with Crippen LogP contribution in [0.15, 0.2) is 53.2 Å². The maximum atomic E-state index is 5.89. The number of benzene rings is 1. The van der Waals surface area contributed by atoms with Gasteiger partial charge in [0.05, 0.1) is 11.3 Å². The van der Waals surface area contributed by atoms with Crippen molar-refractivity contribution < 1.29 is 4.52 Å². The van der Waals surface area contributed by atoms with E-state index in [2.05, 4.69) is 10.1 Å². The zero-order valence-electron chi connectivity index (χ0n) is 10.5. The lowest BCUT2D eigenvalue weighted by Gasteiger charge is -2.04. The van der Waals surface area contributed by atoms with E-state index in [1.807, 2.05) is 49.4 Å². The second-order valence-corrected chi connectivity index (χ2v) is 4.30. The van der Waals surface area contributed by atoms with Crippen LogP contribution in [0.5, 0.6) is 0 Å². The Morgan fingerprint density at radius 1 is 1.05 bits per heavy atom. The number of rotatable bonds is 2. The van der Waals surface area contributed by atoms with Crippen LogP contribution in [0.25, 0.3) is 22.5 Å². The van der Waals surface area contributed by atoms with Gasteiger partial charge in [0.15, 0.2) is 0 Å². The summed E-state index contributed by atoms with van der Waals surface area (Å²) in [5, 5.41) is 4.08. The van der Waals surface area contributed by atoms with Crippen LogP contribution >= 0.6 is 0 Å². The summed E-state index contributed by atoms with van der Waals surface area (Å²) in [7, 11) is 0. The third-order valence-corrected chi connectivity index (χ3v) is 3.04. The third-order valence-electron chi connectivity index (χ3n) is 3.04. The van der Waals surface area contributed by atoms with Gasteiger partial charge in [0.2, 0.25) is 5.88 Å². The molecular weight excluding hydrogens is 238 g/mol. The van der Waals surface area contributed by atoms with Crippen molar-refractivity contribution in [1.82, 2.24) is 10.1 Å². The molecule has 1 aromatic carbocycles.